The smallest absolute Gasteiger partial charge is 0.243 e. The third-order valence-electron chi connectivity index (χ3n) is 6.67. The van der Waals surface area contributed by atoms with Crippen molar-refractivity contribution in [3.05, 3.63) is 59.7 Å². The molecule has 8 heteroatoms. The van der Waals surface area contributed by atoms with Crippen molar-refractivity contribution in [2.45, 2.75) is 50.5 Å². The second-order valence-electron chi connectivity index (χ2n) is 8.64. The van der Waals surface area contributed by atoms with Crippen LogP contribution in [-0.4, -0.2) is 44.2 Å². The quantitative estimate of drug-likeness (QED) is 0.674. The number of sulfonamides is 1. The maximum Gasteiger partial charge on any atom is 0.243 e. The Balaban J connectivity index is 1.44. The van der Waals surface area contributed by atoms with Crippen molar-refractivity contribution in [3.8, 4) is 0 Å². The van der Waals surface area contributed by atoms with E-state index in [1.807, 2.05) is 12.1 Å². The van der Waals surface area contributed by atoms with E-state index in [0.717, 1.165) is 19.3 Å². The summed E-state index contributed by atoms with van der Waals surface area (Å²) in [6.45, 7) is 4.69. The fourth-order valence-electron chi connectivity index (χ4n) is 4.84. The second-order valence-corrected chi connectivity index (χ2v) is 10.6. The fraction of sp³-hybridized carbons (Fsp3) is 0.440. The van der Waals surface area contributed by atoms with E-state index in [4.69, 9.17) is 0 Å². The zero-order chi connectivity index (χ0) is 23.6. The molecule has 176 valence electrons. The minimum absolute atomic E-state index is 0.0174. The number of benzene rings is 2. The van der Waals surface area contributed by atoms with Crippen molar-refractivity contribution in [3.63, 3.8) is 0 Å². The number of hydrogen-bond donors (Lipinski definition) is 1. The Kier molecular flexibility index (Phi) is 6.86. The summed E-state index contributed by atoms with van der Waals surface area (Å²) in [7, 11) is -3.55. The average molecular weight is 470 g/mol. The van der Waals surface area contributed by atoms with Crippen LogP contribution in [0, 0.1) is 5.92 Å². The molecule has 7 nitrogen and oxygen atoms in total. The van der Waals surface area contributed by atoms with Crippen LogP contribution in [0.3, 0.4) is 0 Å². The van der Waals surface area contributed by atoms with Crippen molar-refractivity contribution in [2.24, 2.45) is 5.92 Å². The zero-order valence-electron chi connectivity index (χ0n) is 19.2. The third kappa shape index (κ3) is 4.68. The molecule has 2 aliphatic rings. The van der Waals surface area contributed by atoms with Gasteiger partial charge in [-0.15, -0.1) is 0 Å². The van der Waals surface area contributed by atoms with Crippen LogP contribution < -0.4 is 10.2 Å². The Morgan fingerprint density at radius 1 is 1.09 bits per heavy atom. The Bertz CT molecular complexity index is 1130. The normalized spacial score (nSPS) is 20.7. The molecule has 33 heavy (non-hydrogen) atoms. The molecule has 0 radical (unpaired) electrons. The van der Waals surface area contributed by atoms with Crippen LogP contribution in [0.2, 0.25) is 0 Å². The molecule has 1 saturated heterocycles. The summed E-state index contributed by atoms with van der Waals surface area (Å²) in [5.74, 6) is -0.655. The van der Waals surface area contributed by atoms with Crippen molar-refractivity contribution in [1.29, 1.82) is 0 Å². The van der Waals surface area contributed by atoms with Gasteiger partial charge in [0.05, 0.1) is 16.9 Å². The Morgan fingerprint density at radius 3 is 2.48 bits per heavy atom. The van der Waals surface area contributed by atoms with E-state index >= 15 is 0 Å². The van der Waals surface area contributed by atoms with Crippen molar-refractivity contribution >= 4 is 27.5 Å². The van der Waals surface area contributed by atoms with E-state index < -0.39 is 15.9 Å². The van der Waals surface area contributed by atoms with Crippen LogP contribution >= 0.6 is 0 Å². The first-order chi connectivity index (χ1) is 15.8. The summed E-state index contributed by atoms with van der Waals surface area (Å²) < 4.78 is 26.8. The lowest BCUT2D eigenvalue weighted by Crippen LogP contribution is -2.36. The molecule has 1 aliphatic heterocycles. The van der Waals surface area contributed by atoms with Gasteiger partial charge in [0.15, 0.2) is 0 Å². The minimum Gasteiger partial charge on any atom is -0.349 e. The summed E-state index contributed by atoms with van der Waals surface area (Å²) in [5.41, 5.74) is 3.05. The van der Waals surface area contributed by atoms with E-state index in [1.54, 1.807) is 30.9 Å². The predicted octanol–water partition coefficient (Wildman–Crippen LogP) is 3.26. The molecule has 4 rings (SSSR count). The fourth-order valence-corrected chi connectivity index (χ4v) is 6.29. The van der Waals surface area contributed by atoms with Crippen molar-refractivity contribution in [2.75, 3.05) is 24.5 Å². The highest BCUT2D eigenvalue weighted by Gasteiger charge is 2.36. The monoisotopic (exact) mass is 469 g/mol. The lowest BCUT2D eigenvalue weighted by Gasteiger charge is -2.27. The summed E-state index contributed by atoms with van der Waals surface area (Å²) >= 11 is 0. The highest BCUT2D eigenvalue weighted by molar-refractivity contribution is 7.89. The lowest BCUT2D eigenvalue weighted by atomic mass is 9.87. The van der Waals surface area contributed by atoms with Crippen LogP contribution in [0.5, 0.6) is 0 Å². The molecule has 0 unspecified atom stereocenters. The van der Waals surface area contributed by atoms with E-state index in [2.05, 4.69) is 17.4 Å². The maximum absolute atomic E-state index is 13.0. The van der Waals surface area contributed by atoms with Crippen LogP contribution in [-0.2, 0) is 26.0 Å². The zero-order valence-corrected chi connectivity index (χ0v) is 20.0. The maximum atomic E-state index is 13.0. The molecule has 0 bridgehead atoms. The van der Waals surface area contributed by atoms with Gasteiger partial charge in [-0.25, -0.2) is 8.42 Å². The van der Waals surface area contributed by atoms with Crippen molar-refractivity contribution in [1.82, 2.24) is 9.62 Å². The van der Waals surface area contributed by atoms with Gasteiger partial charge in [-0.3, -0.25) is 9.59 Å². The number of rotatable bonds is 7. The average Bonchev–Trinajstić information content (AvgIpc) is 3.22. The highest BCUT2D eigenvalue weighted by atomic mass is 32.2. The van der Waals surface area contributed by atoms with Gasteiger partial charge in [0.1, 0.15) is 0 Å². The van der Waals surface area contributed by atoms with E-state index in [-0.39, 0.29) is 29.2 Å². The first kappa shape index (κ1) is 23.4. The number of anilines is 1. The molecule has 2 aromatic carbocycles. The van der Waals surface area contributed by atoms with E-state index in [1.165, 1.54) is 27.6 Å². The molecule has 2 amide bonds. The largest absolute Gasteiger partial charge is 0.349 e. The number of hydrogen-bond acceptors (Lipinski definition) is 4. The van der Waals surface area contributed by atoms with Gasteiger partial charge < -0.3 is 10.2 Å². The number of nitrogens with zero attached hydrogens (tertiary/aromatic N) is 2. The molecular formula is C25H31N3O4S. The summed E-state index contributed by atoms with van der Waals surface area (Å²) in [5, 5.41) is 3.16. The second kappa shape index (κ2) is 9.65. The number of carbonyl (C=O) groups is 2. The van der Waals surface area contributed by atoms with Crippen LogP contribution in [0.1, 0.15) is 50.3 Å². The Morgan fingerprint density at radius 2 is 1.79 bits per heavy atom. The van der Waals surface area contributed by atoms with E-state index in [0.29, 0.717) is 25.3 Å². The number of amides is 2. The first-order valence-electron chi connectivity index (χ1n) is 11.6. The topological polar surface area (TPSA) is 86.8 Å². The molecule has 0 saturated carbocycles. The third-order valence-corrected chi connectivity index (χ3v) is 8.74. The van der Waals surface area contributed by atoms with Gasteiger partial charge in [-0.1, -0.05) is 38.1 Å². The molecule has 2 atom stereocenters. The van der Waals surface area contributed by atoms with Gasteiger partial charge >= 0.3 is 0 Å². The molecule has 0 aromatic heterocycles. The molecule has 1 aliphatic carbocycles. The summed E-state index contributed by atoms with van der Waals surface area (Å²) in [6, 6.07) is 14.5. The standard InChI is InChI=1S/C25H31N3O4S/c1-3-27(4-2)33(31,32)21-14-12-20(13-15-21)28-17-19(16-24(28)29)25(30)26-23-11-7-9-18-8-5-6-10-22(18)23/h5-6,8,10,12-15,19,23H,3-4,7,9,11,16-17H2,1-2H3,(H,26,30)/t19-,23+/m1/s1. The summed E-state index contributed by atoms with van der Waals surface area (Å²) in [4.78, 5) is 27.5. The number of carbonyl (C=O) groups excluding carboxylic acids is 2. The first-order valence-corrected chi connectivity index (χ1v) is 13.1. The van der Waals surface area contributed by atoms with Gasteiger partial charge in [0.25, 0.3) is 0 Å². The number of aryl methyl sites for hydroxylation is 1. The van der Waals surface area contributed by atoms with Gasteiger partial charge in [0, 0.05) is 31.7 Å². The van der Waals surface area contributed by atoms with Crippen LogP contribution in [0.25, 0.3) is 0 Å². The molecular weight excluding hydrogens is 438 g/mol. The van der Waals surface area contributed by atoms with Gasteiger partial charge in [-0.2, -0.15) is 4.31 Å². The Hall–Kier alpha value is -2.71. The highest BCUT2D eigenvalue weighted by Crippen LogP contribution is 2.31. The van der Waals surface area contributed by atoms with Gasteiger partial charge in [-0.05, 0) is 54.7 Å². The van der Waals surface area contributed by atoms with Crippen LogP contribution in [0.15, 0.2) is 53.4 Å². The Labute approximate surface area is 195 Å². The SMILES string of the molecule is CCN(CC)S(=O)(=O)c1ccc(N2C[C@H](C(=O)N[C@H]3CCCc4ccccc43)CC2=O)cc1. The minimum atomic E-state index is -3.55. The lowest BCUT2D eigenvalue weighted by molar-refractivity contribution is -0.127. The van der Waals surface area contributed by atoms with Crippen molar-refractivity contribution < 1.29 is 18.0 Å². The van der Waals surface area contributed by atoms with Gasteiger partial charge in [0.2, 0.25) is 21.8 Å². The molecule has 0 spiro atoms. The predicted molar refractivity (Wildman–Crippen MR) is 127 cm³/mol. The van der Waals surface area contributed by atoms with Crippen LogP contribution in [0.4, 0.5) is 5.69 Å². The molecule has 2 aromatic rings. The number of nitrogens with one attached hydrogen (secondary N) is 1. The molecule has 1 heterocycles. The summed E-state index contributed by atoms with van der Waals surface area (Å²) in [6.07, 6.45) is 3.11. The molecule has 1 fully saturated rings. The molecule has 1 N–H and O–H groups in total. The van der Waals surface area contributed by atoms with E-state index in [9.17, 15) is 18.0 Å². The number of fused-ring (bicyclic) bond motifs is 1.